The quantitative estimate of drug-likeness (QED) is 0.296. The van der Waals surface area contributed by atoms with Crippen molar-refractivity contribution in [2.45, 2.75) is 86.9 Å². The van der Waals surface area contributed by atoms with Crippen molar-refractivity contribution in [1.82, 2.24) is 15.1 Å². The van der Waals surface area contributed by atoms with E-state index in [-0.39, 0.29) is 40.1 Å². The Bertz CT molecular complexity index is 1820. The first-order chi connectivity index (χ1) is 22.5. The van der Waals surface area contributed by atoms with Crippen LogP contribution in [0.25, 0.3) is 10.1 Å². The van der Waals surface area contributed by atoms with Crippen LogP contribution < -0.4 is 5.32 Å². The fraction of sp³-hybridized carbons (Fsp3) is 0.471. The van der Waals surface area contributed by atoms with Crippen LogP contribution in [0.3, 0.4) is 0 Å². The zero-order valence-electron chi connectivity index (χ0n) is 25.6. The predicted octanol–water partition coefficient (Wildman–Crippen LogP) is 5.38. The molecule has 1 aliphatic carbocycles. The van der Waals surface area contributed by atoms with Gasteiger partial charge in [-0.15, -0.1) is 11.3 Å². The van der Waals surface area contributed by atoms with Gasteiger partial charge in [0.05, 0.1) is 22.4 Å². The number of carbonyl (C=O) groups excluding carboxylic acids is 3. The van der Waals surface area contributed by atoms with E-state index in [9.17, 15) is 38.4 Å². The van der Waals surface area contributed by atoms with E-state index in [1.54, 1.807) is 4.90 Å². The van der Waals surface area contributed by atoms with E-state index in [1.165, 1.54) is 24.3 Å². The first-order valence-electron chi connectivity index (χ1n) is 16.1. The molecule has 0 radical (unpaired) electrons. The summed E-state index contributed by atoms with van der Waals surface area (Å²) in [6.07, 6.45) is 5.60. The highest BCUT2D eigenvalue weighted by atomic mass is 32.1. The minimum absolute atomic E-state index is 0.0927. The molecule has 246 valence electrons. The van der Waals surface area contributed by atoms with Gasteiger partial charge in [-0.2, -0.15) is 5.26 Å². The fourth-order valence-electron chi connectivity index (χ4n) is 8.09. The van der Waals surface area contributed by atoms with E-state index in [0.717, 1.165) is 49.0 Å². The minimum Gasteiger partial charge on any atom is -0.340 e. The minimum atomic E-state index is -4.99. The van der Waals surface area contributed by atoms with Crippen LogP contribution in [0.4, 0.5) is 4.39 Å². The number of likely N-dealkylation sites (tertiary alicyclic amines) is 1. The Labute approximate surface area is 275 Å². The standard InChI is InChI=1S/C34H36FN4O6PS/c35-30(46(43,44)45)21-10-13-28-22(16-21)17-29(47-28)31(40)37-26-9-5-4-8-23-11-12-27(39(23)32(26)41)33(42)38-19-24(20-6-2-1-3-7-20)25(18-36)34(38)14-15-34/h1-3,6-7,10,13,16-17,23-27,30H,4-5,8-9,11-12,14-15,19H2,(H,37,40)(H2,43,44,45)/t23-,24-,25-,26-,27-,30+/m0/s1. The number of hydrogen-bond donors (Lipinski definition) is 3. The van der Waals surface area contributed by atoms with Crippen LogP contribution in [0.5, 0.6) is 0 Å². The highest BCUT2D eigenvalue weighted by Crippen LogP contribution is 2.58. The van der Waals surface area contributed by atoms with Gasteiger partial charge in [-0.25, -0.2) is 4.39 Å². The number of nitrogens with zero attached hydrogens (tertiary/aromatic N) is 3. The Balaban J connectivity index is 1.11. The molecule has 3 saturated heterocycles. The number of rotatable bonds is 6. The van der Waals surface area contributed by atoms with Crippen LogP contribution in [-0.4, -0.2) is 67.5 Å². The molecular weight excluding hydrogens is 642 g/mol. The molecule has 3 aliphatic heterocycles. The Morgan fingerprint density at radius 1 is 1.06 bits per heavy atom. The van der Waals surface area contributed by atoms with Gasteiger partial charge in [0, 0.05) is 23.2 Å². The van der Waals surface area contributed by atoms with E-state index < -0.39 is 37.0 Å². The van der Waals surface area contributed by atoms with Gasteiger partial charge < -0.3 is 24.9 Å². The lowest BCUT2D eigenvalue weighted by Gasteiger charge is -2.37. The van der Waals surface area contributed by atoms with Crippen LogP contribution in [0.15, 0.2) is 54.6 Å². The number of nitrogens with one attached hydrogen (secondary N) is 1. The molecule has 7 rings (SSSR count). The molecule has 1 aromatic heterocycles. The molecule has 3 aromatic rings. The summed E-state index contributed by atoms with van der Waals surface area (Å²) in [5.41, 5.74) is 0.362. The summed E-state index contributed by atoms with van der Waals surface area (Å²) in [5, 5.41) is 13.6. The third-order valence-corrected chi connectivity index (χ3v) is 12.6. The highest BCUT2D eigenvalue weighted by Gasteiger charge is 2.64. The maximum absolute atomic E-state index is 14.4. The van der Waals surface area contributed by atoms with Crippen molar-refractivity contribution in [2.75, 3.05) is 6.54 Å². The zero-order chi connectivity index (χ0) is 33.1. The summed E-state index contributed by atoms with van der Waals surface area (Å²) >= 11 is 1.14. The molecule has 4 heterocycles. The Hall–Kier alpha value is -3.62. The summed E-state index contributed by atoms with van der Waals surface area (Å²) in [7, 11) is -4.99. The summed E-state index contributed by atoms with van der Waals surface area (Å²) in [6, 6.07) is 16.4. The van der Waals surface area contributed by atoms with Gasteiger partial charge in [0.1, 0.15) is 12.1 Å². The average molecular weight is 679 g/mol. The van der Waals surface area contributed by atoms with E-state index in [1.807, 2.05) is 35.2 Å². The van der Waals surface area contributed by atoms with Crippen molar-refractivity contribution < 1.29 is 33.1 Å². The molecule has 0 bridgehead atoms. The maximum atomic E-state index is 14.4. The van der Waals surface area contributed by atoms with Crippen LogP contribution in [0.2, 0.25) is 0 Å². The highest BCUT2D eigenvalue weighted by molar-refractivity contribution is 7.51. The van der Waals surface area contributed by atoms with Crippen LogP contribution >= 0.6 is 18.9 Å². The van der Waals surface area contributed by atoms with E-state index >= 15 is 0 Å². The molecule has 13 heteroatoms. The van der Waals surface area contributed by atoms with Crippen LogP contribution in [0.1, 0.15) is 84.0 Å². The van der Waals surface area contributed by atoms with Gasteiger partial charge in [-0.3, -0.25) is 18.9 Å². The number of halogens is 1. The third-order valence-electron chi connectivity index (χ3n) is 10.6. The van der Waals surface area contributed by atoms with E-state index in [4.69, 9.17) is 0 Å². The molecule has 2 aromatic carbocycles. The van der Waals surface area contributed by atoms with Gasteiger partial charge in [0.25, 0.3) is 5.91 Å². The Morgan fingerprint density at radius 2 is 1.81 bits per heavy atom. The number of alkyl halides is 1. The number of nitriles is 1. The van der Waals surface area contributed by atoms with Gasteiger partial charge in [-0.1, -0.05) is 49.2 Å². The molecular formula is C34H36FN4O6PS. The fourth-order valence-corrected chi connectivity index (χ4v) is 9.58. The summed E-state index contributed by atoms with van der Waals surface area (Å²) in [6.45, 7) is 0.440. The number of carbonyl (C=O) groups is 3. The molecule has 4 fully saturated rings. The molecule has 3 amide bonds. The second-order valence-corrected chi connectivity index (χ2v) is 16.0. The first kappa shape index (κ1) is 32.0. The summed E-state index contributed by atoms with van der Waals surface area (Å²) in [5.74, 6) is -3.73. The van der Waals surface area contributed by atoms with E-state index in [2.05, 4.69) is 11.4 Å². The lowest BCUT2D eigenvalue weighted by Crippen LogP contribution is -2.57. The first-order valence-corrected chi connectivity index (χ1v) is 18.6. The zero-order valence-corrected chi connectivity index (χ0v) is 27.3. The number of thiophene rings is 1. The summed E-state index contributed by atoms with van der Waals surface area (Å²) < 4.78 is 26.4. The molecule has 6 atom stereocenters. The number of amides is 3. The maximum Gasteiger partial charge on any atom is 0.363 e. The molecule has 10 nitrogen and oxygen atoms in total. The van der Waals surface area contributed by atoms with Crippen molar-refractivity contribution in [1.29, 1.82) is 5.26 Å². The van der Waals surface area contributed by atoms with Crippen molar-refractivity contribution in [3.05, 3.63) is 70.6 Å². The monoisotopic (exact) mass is 678 g/mol. The summed E-state index contributed by atoms with van der Waals surface area (Å²) in [4.78, 5) is 64.5. The van der Waals surface area contributed by atoms with E-state index in [0.29, 0.717) is 35.9 Å². The molecule has 1 spiro atoms. The topological polar surface area (TPSA) is 151 Å². The van der Waals surface area contributed by atoms with Crippen molar-refractivity contribution in [2.24, 2.45) is 5.92 Å². The van der Waals surface area contributed by atoms with Gasteiger partial charge in [0.2, 0.25) is 17.7 Å². The smallest absolute Gasteiger partial charge is 0.340 e. The average Bonchev–Trinajstić information content (AvgIpc) is 3.40. The molecule has 4 aliphatic rings. The second-order valence-electron chi connectivity index (χ2n) is 13.3. The van der Waals surface area contributed by atoms with Crippen LogP contribution in [-0.2, 0) is 14.2 Å². The number of benzene rings is 2. The third kappa shape index (κ3) is 5.67. The second kappa shape index (κ2) is 12.1. The molecule has 1 saturated carbocycles. The molecule has 3 N–H and O–H groups in total. The Kier molecular flexibility index (Phi) is 8.24. The number of hydrogen-bond acceptors (Lipinski definition) is 6. The van der Waals surface area contributed by atoms with Gasteiger partial charge in [-0.05, 0) is 73.2 Å². The van der Waals surface area contributed by atoms with Gasteiger partial charge in [0.15, 0.2) is 0 Å². The molecule has 47 heavy (non-hydrogen) atoms. The predicted molar refractivity (Wildman–Crippen MR) is 173 cm³/mol. The van der Waals surface area contributed by atoms with Crippen molar-refractivity contribution >= 4 is 46.7 Å². The Morgan fingerprint density at radius 3 is 2.51 bits per heavy atom. The normalized spacial score (nSPS) is 27.6. The van der Waals surface area contributed by atoms with Crippen molar-refractivity contribution in [3.8, 4) is 6.07 Å². The van der Waals surface area contributed by atoms with Gasteiger partial charge >= 0.3 is 7.60 Å². The SMILES string of the molecule is N#C[C@H]1[C@H](c2ccccc2)CN(C(=O)[C@@H]2CC[C@@H]3CCCC[C@H](NC(=O)c4cc5cc([C@H](F)P(=O)(O)O)ccc5s4)C(=O)N32)C12CC2. The van der Waals surface area contributed by atoms with Crippen LogP contribution in [0, 0.1) is 17.2 Å². The molecule has 0 unspecified atom stereocenters. The number of fused-ring (bicyclic) bond motifs is 2. The largest absolute Gasteiger partial charge is 0.363 e. The lowest BCUT2D eigenvalue weighted by atomic mass is 9.85. The van der Waals surface area contributed by atoms with Crippen molar-refractivity contribution in [3.63, 3.8) is 0 Å². The lowest BCUT2D eigenvalue weighted by molar-refractivity contribution is -0.148.